The van der Waals surface area contributed by atoms with Crippen LogP contribution in [0.25, 0.3) is 0 Å². The fourth-order valence-electron chi connectivity index (χ4n) is 1.96. The van der Waals surface area contributed by atoms with Gasteiger partial charge in [0, 0.05) is 18.0 Å². The van der Waals surface area contributed by atoms with Gasteiger partial charge < -0.3 is 10.4 Å². The molecule has 1 aromatic carbocycles. The lowest BCUT2D eigenvalue weighted by atomic mass is 10.1. The number of aryl methyl sites for hydroxylation is 1. The maximum absolute atomic E-state index is 8.68. The molecule has 1 heterocycles. The molecule has 0 radical (unpaired) electrons. The average Bonchev–Trinajstić information content (AvgIpc) is 2.34. The standard InChI is InChI=1S/C13H19NOS/c15-7-2-6-14-10-11-4-5-13-12(9-11)3-1-8-16-13/h4-5,9,14-15H,1-3,6-8,10H2. The molecular formula is C13H19NOS. The molecule has 0 spiro atoms. The molecule has 0 unspecified atom stereocenters. The molecule has 0 amide bonds. The number of aliphatic hydroxyl groups excluding tert-OH is 1. The first-order valence-corrected chi connectivity index (χ1v) is 6.95. The Morgan fingerprint density at radius 3 is 3.19 bits per heavy atom. The summed E-state index contributed by atoms with van der Waals surface area (Å²) in [5.74, 6) is 1.26. The average molecular weight is 237 g/mol. The molecule has 3 heteroatoms. The van der Waals surface area contributed by atoms with Gasteiger partial charge in [-0.15, -0.1) is 11.8 Å². The van der Waals surface area contributed by atoms with Crippen molar-refractivity contribution in [2.75, 3.05) is 18.9 Å². The summed E-state index contributed by atoms with van der Waals surface area (Å²) in [5.41, 5.74) is 2.87. The maximum atomic E-state index is 8.68. The normalized spacial score (nSPS) is 14.8. The monoisotopic (exact) mass is 237 g/mol. The zero-order valence-electron chi connectivity index (χ0n) is 9.54. The summed E-state index contributed by atoms with van der Waals surface area (Å²) >= 11 is 1.98. The summed E-state index contributed by atoms with van der Waals surface area (Å²) in [6.07, 6.45) is 3.37. The van der Waals surface area contributed by atoms with E-state index in [0.29, 0.717) is 0 Å². The van der Waals surface area contributed by atoms with Crippen LogP contribution < -0.4 is 5.32 Å². The Bertz CT molecular complexity index is 341. The van der Waals surface area contributed by atoms with Crippen LogP contribution in [-0.4, -0.2) is 24.0 Å². The summed E-state index contributed by atoms with van der Waals surface area (Å²) in [5, 5.41) is 12.0. The molecule has 1 aromatic rings. The molecule has 2 nitrogen and oxygen atoms in total. The van der Waals surface area contributed by atoms with E-state index in [-0.39, 0.29) is 6.61 Å². The smallest absolute Gasteiger partial charge is 0.0443 e. The van der Waals surface area contributed by atoms with Crippen molar-refractivity contribution >= 4 is 11.8 Å². The van der Waals surface area contributed by atoms with Crippen LogP contribution in [0.1, 0.15) is 24.0 Å². The van der Waals surface area contributed by atoms with Crippen molar-refractivity contribution in [2.24, 2.45) is 0 Å². The molecule has 16 heavy (non-hydrogen) atoms. The summed E-state index contributed by atoms with van der Waals surface area (Å²) < 4.78 is 0. The topological polar surface area (TPSA) is 32.3 Å². The van der Waals surface area contributed by atoms with Crippen LogP contribution >= 0.6 is 11.8 Å². The number of benzene rings is 1. The van der Waals surface area contributed by atoms with E-state index >= 15 is 0 Å². The van der Waals surface area contributed by atoms with Gasteiger partial charge in [0.15, 0.2) is 0 Å². The van der Waals surface area contributed by atoms with Gasteiger partial charge in [-0.25, -0.2) is 0 Å². The number of nitrogens with one attached hydrogen (secondary N) is 1. The van der Waals surface area contributed by atoms with Crippen LogP contribution in [0, 0.1) is 0 Å². The minimum absolute atomic E-state index is 0.272. The van der Waals surface area contributed by atoms with Gasteiger partial charge in [0.1, 0.15) is 0 Å². The number of fused-ring (bicyclic) bond motifs is 1. The van der Waals surface area contributed by atoms with E-state index in [4.69, 9.17) is 5.11 Å². The summed E-state index contributed by atoms with van der Waals surface area (Å²) in [6.45, 7) is 2.08. The third kappa shape index (κ3) is 3.24. The van der Waals surface area contributed by atoms with Gasteiger partial charge in [-0.05, 0) is 48.8 Å². The molecule has 0 saturated heterocycles. The number of hydrogen-bond donors (Lipinski definition) is 2. The predicted molar refractivity (Wildman–Crippen MR) is 68.9 cm³/mol. The SMILES string of the molecule is OCCCNCc1ccc2c(c1)CCCS2. The lowest BCUT2D eigenvalue weighted by Crippen LogP contribution is -2.16. The summed E-state index contributed by atoms with van der Waals surface area (Å²) in [7, 11) is 0. The Labute approximate surface area is 101 Å². The largest absolute Gasteiger partial charge is 0.396 e. The third-order valence-corrected chi connectivity index (χ3v) is 4.02. The quantitative estimate of drug-likeness (QED) is 0.770. The molecule has 2 N–H and O–H groups in total. The predicted octanol–water partition coefficient (Wildman–Crippen LogP) is 2.20. The van der Waals surface area contributed by atoms with Gasteiger partial charge in [0.25, 0.3) is 0 Å². The maximum Gasteiger partial charge on any atom is 0.0443 e. The van der Waals surface area contributed by atoms with E-state index < -0.39 is 0 Å². The molecular weight excluding hydrogens is 218 g/mol. The minimum Gasteiger partial charge on any atom is -0.396 e. The van der Waals surface area contributed by atoms with Gasteiger partial charge >= 0.3 is 0 Å². The van der Waals surface area contributed by atoms with Gasteiger partial charge in [0.05, 0.1) is 0 Å². The van der Waals surface area contributed by atoms with Crippen LogP contribution in [0.3, 0.4) is 0 Å². The molecule has 0 aliphatic carbocycles. The number of hydrogen-bond acceptors (Lipinski definition) is 3. The van der Waals surface area contributed by atoms with Gasteiger partial charge in [-0.3, -0.25) is 0 Å². The van der Waals surface area contributed by atoms with Crippen molar-refractivity contribution in [1.82, 2.24) is 5.32 Å². The Balaban J connectivity index is 1.90. The Hall–Kier alpha value is -0.510. The van der Waals surface area contributed by atoms with Gasteiger partial charge in [-0.1, -0.05) is 12.1 Å². The van der Waals surface area contributed by atoms with E-state index in [0.717, 1.165) is 19.5 Å². The first-order chi connectivity index (χ1) is 7.90. The van der Waals surface area contributed by atoms with E-state index in [2.05, 4.69) is 23.5 Å². The highest BCUT2D eigenvalue weighted by molar-refractivity contribution is 7.99. The van der Waals surface area contributed by atoms with Crippen molar-refractivity contribution in [3.05, 3.63) is 29.3 Å². The minimum atomic E-state index is 0.272. The Morgan fingerprint density at radius 2 is 2.31 bits per heavy atom. The van der Waals surface area contributed by atoms with Crippen molar-refractivity contribution in [1.29, 1.82) is 0 Å². The van der Waals surface area contributed by atoms with Crippen LogP contribution in [0.4, 0.5) is 0 Å². The molecule has 88 valence electrons. The fraction of sp³-hybridized carbons (Fsp3) is 0.538. The lowest BCUT2D eigenvalue weighted by Gasteiger charge is -2.16. The molecule has 0 saturated carbocycles. The van der Waals surface area contributed by atoms with Gasteiger partial charge in [-0.2, -0.15) is 0 Å². The lowest BCUT2D eigenvalue weighted by molar-refractivity contribution is 0.286. The van der Waals surface area contributed by atoms with Crippen LogP contribution in [-0.2, 0) is 13.0 Å². The fourth-order valence-corrected chi connectivity index (χ4v) is 2.98. The molecule has 1 aliphatic heterocycles. The van der Waals surface area contributed by atoms with Crippen molar-refractivity contribution < 1.29 is 5.11 Å². The molecule has 0 bridgehead atoms. The summed E-state index contributed by atoms with van der Waals surface area (Å²) in [6, 6.07) is 6.79. The number of rotatable bonds is 5. The van der Waals surface area contributed by atoms with E-state index in [9.17, 15) is 0 Å². The van der Waals surface area contributed by atoms with Crippen molar-refractivity contribution in [3.8, 4) is 0 Å². The highest BCUT2D eigenvalue weighted by Crippen LogP contribution is 2.30. The molecule has 2 rings (SSSR count). The van der Waals surface area contributed by atoms with E-state index in [1.165, 1.54) is 34.6 Å². The second kappa shape index (κ2) is 6.28. The Kier molecular flexibility index (Phi) is 4.69. The summed E-state index contributed by atoms with van der Waals surface area (Å²) in [4.78, 5) is 1.46. The molecule has 0 atom stereocenters. The zero-order chi connectivity index (χ0) is 11.2. The van der Waals surface area contributed by atoms with E-state index in [1.807, 2.05) is 11.8 Å². The highest BCUT2D eigenvalue weighted by Gasteiger charge is 2.09. The second-order valence-corrected chi connectivity index (χ2v) is 5.28. The third-order valence-electron chi connectivity index (χ3n) is 2.81. The van der Waals surface area contributed by atoms with Crippen LogP contribution in [0.5, 0.6) is 0 Å². The molecule has 0 aromatic heterocycles. The van der Waals surface area contributed by atoms with Gasteiger partial charge in [0.2, 0.25) is 0 Å². The zero-order valence-corrected chi connectivity index (χ0v) is 10.4. The van der Waals surface area contributed by atoms with E-state index in [1.54, 1.807) is 0 Å². The van der Waals surface area contributed by atoms with Crippen LogP contribution in [0.2, 0.25) is 0 Å². The second-order valence-electron chi connectivity index (χ2n) is 4.15. The van der Waals surface area contributed by atoms with Crippen molar-refractivity contribution in [3.63, 3.8) is 0 Å². The first-order valence-electron chi connectivity index (χ1n) is 5.96. The Morgan fingerprint density at radius 1 is 1.38 bits per heavy atom. The number of thioether (sulfide) groups is 1. The molecule has 0 fully saturated rings. The van der Waals surface area contributed by atoms with Crippen molar-refractivity contribution in [2.45, 2.75) is 30.7 Å². The van der Waals surface area contributed by atoms with Crippen LogP contribution in [0.15, 0.2) is 23.1 Å². The number of aliphatic hydroxyl groups is 1. The first kappa shape index (κ1) is 12.0. The highest BCUT2D eigenvalue weighted by atomic mass is 32.2. The molecule has 1 aliphatic rings.